The standard InChI is InChI=1S/C22H16FN3O3S/c23-15-3-1-2-13(10-15)12-29-16-6-4-14(5-7-16)17-11-18(27)24-20-19(17)21(28)25-22-26(20)8-9-30-22/h1-10,17H,11-12H2,(H,24,27). The molecule has 150 valence electrons. The zero-order valence-corrected chi connectivity index (χ0v) is 16.5. The van der Waals surface area contributed by atoms with E-state index in [1.165, 1.54) is 23.5 Å². The van der Waals surface area contributed by atoms with Crippen molar-refractivity contribution >= 4 is 28.0 Å². The van der Waals surface area contributed by atoms with Gasteiger partial charge in [0.1, 0.15) is 24.0 Å². The maximum absolute atomic E-state index is 13.3. The fourth-order valence-electron chi connectivity index (χ4n) is 3.69. The van der Waals surface area contributed by atoms with Gasteiger partial charge in [-0.15, -0.1) is 11.3 Å². The summed E-state index contributed by atoms with van der Waals surface area (Å²) in [7, 11) is 0. The summed E-state index contributed by atoms with van der Waals surface area (Å²) < 4.78 is 20.8. The first-order chi connectivity index (χ1) is 14.6. The number of carbonyl (C=O) groups excluding carboxylic acids is 1. The molecule has 1 unspecified atom stereocenters. The molecular weight excluding hydrogens is 405 g/mol. The number of halogens is 1. The Kier molecular flexibility index (Phi) is 4.55. The minimum atomic E-state index is -0.386. The van der Waals surface area contributed by atoms with E-state index in [0.29, 0.717) is 22.1 Å². The number of hydrogen-bond acceptors (Lipinski definition) is 5. The van der Waals surface area contributed by atoms with E-state index in [1.807, 2.05) is 17.5 Å². The predicted molar refractivity (Wildman–Crippen MR) is 112 cm³/mol. The summed E-state index contributed by atoms with van der Waals surface area (Å²) in [6.07, 6.45) is 1.96. The Hall–Kier alpha value is -3.52. The van der Waals surface area contributed by atoms with Crippen molar-refractivity contribution in [3.8, 4) is 5.75 Å². The van der Waals surface area contributed by atoms with Crippen molar-refractivity contribution in [2.75, 3.05) is 5.32 Å². The largest absolute Gasteiger partial charge is 0.489 e. The maximum Gasteiger partial charge on any atom is 0.279 e. The second kappa shape index (κ2) is 7.38. The Balaban J connectivity index is 1.44. The summed E-state index contributed by atoms with van der Waals surface area (Å²) in [5.74, 6) is 0.262. The molecule has 1 aliphatic rings. The number of benzene rings is 2. The molecule has 0 saturated carbocycles. The van der Waals surface area contributed by atoms with Crippen molar-refractivity contribution in [3.63, 3.8) is 0 Å². The molecule has 4 aromatic rings. The highest BCUT2D eigenvalue weighted by Crippen LogP contribution is 2.36. The van der Waals surface area contributed by atoms with Gasteiger partial charge in [-0.05, 0) is 35.4 Å². The number of rotatable bonds is 4. The number of anilines is 1. The molecule has 8 heteroatoms. The van der Waals surface area contributed by atoms with Crippen LogP contribution in [0.4, 0.5) is 10.2 Å². The molecule has 2 aromatic carbocycles. The quantitative estimate of drug-likeness (QED) is 0.542. The Morgan fingerprint density at radius 1 is 1.20 bits per heavy atom. The number of aromatic nitrogens is 2. The molecule has 1 amide bonds. The molecular formula is C22H16FN3O3S. The van der Waals surface area contributed by atoms with Gasteiger partial charge in [-0.25, -0.2) is 4.39 Å². The highest BCUT2D eigenvalue weighted by molar-refractivity contribution is 7.15. The maximum atomic E-state index is 13.3. The first-order valence-electron chi connectivity index (χ1n) is 9.35. The molecule has 6 nitrogen and oxygen atoms in total. The molecule has 0 saturated heterocycles. The SMILES string of the molecule is O=C1CC(c2ccc(OCc3cccc(F)c3)cc2)c2c(n3ccsc3nc2=O)N1. The fourth-order valence-corrected chi connectivity index (χ4v) is 4.39. The van der Waals surface area contributed by atoms with E-state index in [-0.39, 0.29) is 36.2 Å². The van der Waals surface area contributed by atoms with Crippen molar-refractivity contribution in [2.45, 2.75) is 18.9 Å². The second-order valence-electron chi connectivity index (χ2n) is 7.03. The zero-order chi connectivity index (χ0) is 20.7. The second-order valence-corrected chi connectivity index (χ2v) is 7.90. The Bertz CT molecular complexity index is 1310. The van der Waals surface area contributed by atoms with Gasteiger partial charge in [0.05, 0.1) is 5.56 Å². The summed E-state index contributed by atoms with van der Waals surface area (Å²) in [6.45, 7) is 0.243. The first-order valence-corrected chi connectivity index (χ1v) is 10.2. The normalized spacial score (nSPS) is 15.6. The molecule has 30 heavy (non-hydrogen) atoms. The Labute approximate surface area is 174 Å². The number of ether oxygens (including phenoxy) is 1. The number of thiazole rings is 1. The molecule has 0 fully saturated rings. The van der Waals surface area contributed by atoms with Crippen molar-refractivity contribution in [1.29, 1.82) is 0 Å². The Morgan fingerprint density at radius 3 is 2.83 bits per heavy atom. The zero-order valence-electron chi connectivity index (χ0n) is 15.7. The molecule has 0 radical (unpaired) electrons. The molecule has 0 bridgehead atoms. The van der Waals surface area contributed by atoms with E-state index in [0.717, 1.165) is 11.1 Å². The van der Waals surface area contributed by atoms with Gasteiger partial charge >= 0.3 is 0 Å². The molecule has 2 aromatic heterocycles. The minimum Gasteiger partial charge on any atom is -0.489 e. The summed E-state index contributed by atoms with van der Waals surface area (Å²) in [6, 6.07) is 13.5. The number of amides is 1. The number of fused-ring (bicyclic) bond motifs is 3. The van der Waals surface area contributed by atoms with Gasteiger partial charge in [0.25, 0.3) is 5.56 Å². The first kappa shape index (κ1) is 18.5. The summed E-state index contributed by atoms with van der Waals surface area (Å²) in [4.78, 5) is 29.7. The topological polar surface area (TPSA) is 72.7 Å². The average molecular weight is 421 g/mol. The van der Waals surface area contributed by atoms with Gasteiger partial charge in [-0.3, -0.25) is 14.0 Å². The molecule has 0 spiro atoms. The van der Waals surface area contributed by atoms with Crippen LogP contribution in [0.3, 0.4) is 0 Å². The molecule has 0 aliphatic carbocycles. The lowest BCUT2D eigenvalue weighted by molar-refractivity contribution is -0.116. The van der Waals surface area contributed by atoms with E-state index in [2.05, 4.69) is 10.3 Å². The third-order valence-electron chi connectivity index (χ3n) is 5.09. The molecule has 1 atom stereocenters. The molecule has 3 heterocycles. The number of carbonyl (C=O) groups is 1. The average Bonchev–Trinajstić information content (AvgIpc) is 3.21. The number of nitrogens with zero attached hydrogens (tertiary/aromatic N) is 2. The van der Waals surface area contributed by atoms with Crippen molar-refractivity contribution < 1.29 is 13.9 Å². The van der Waals surface area contributed by atoms with Crippen molar-refractivity contribution in [3.05, 3.63) is 93.0 Å². The van der Waals surface area contributed by atoms with Crippen LogP contribution in [0.25, 0.3) is 4.96 Å². The van der Waals surface area contributed by atoms with Gasteiger partial charge in [0.2, 0.25) is 5.91 Å². The van der Waals surface area contributed by atoms with Gasteiger partial charge in [-0.1, -0.05) is 24.3 Å². The van der Waals surface area contributed by atoms with Crippen molar-refractivity contribution in [2.24, 2.45) is 0 Å². The lowest BCUT2D eigenvalue weighted by Crippen LogP contribution is -2.31. The highest BCUT2D eigenvalue weighted by Gasteiger charge is 2.31. The van der Waals surface area contributed by atoms with Crippen LogP contribution in [-0.2, 0) is 11.4 Å². The third kappa shape index (κ3) is 3.35. The van der Waals surface area contributed by atoms with Gasteiger partial charge in [-0.2, -0.15) is 4.98 Å². The summed E-state index contributed by atoms with van der Waals surface area (Å²) >= 11 is 1.34. The lowest BCUT2D eigenvalue weighted by Gasteiger charge is -2.25. The van der Waals surface area contributed by atoms with Gasteiger partial charge in [0, 0.05) is 23.9 Å². The van der Waals surface area contributed by atoms with E-state index >= 15 is 0 Å². The van der Waals surface area contributed by atoms with Crippen LogP contribution in [0.2, 0.25) is 0 Å². The van der Waals surface area contributed by atoms with E-state index in [9.17, 15) is 14.0 Å². The van der Waals surface area contributed by atoms with Crippen LogP contribution >= 0.6 is 11.3 Å². The molecule has 1 N–H and O–H groups in total. The predicted octanol–water partition coefficient (Wildman–Crippen LogP) is 3.95. The van der Waals surface area contributed by atoms with E-state index in [1.54, 1.807) is 34.9 Å². The third-order valence-corrected chi connectivity index (χ3v) is 5.84. The van der Waals surface area contributed by atoms with Crippen LogP contribution in [0.5, 0.6) is 5.75 Å². The van der Waals surface area contributed by atoms with Crippen LogP contribution in [0.15, 0.2) is 64.9 Å². The number of nitrogens with one attached hydrogen (secondary N) is 1. The number of hydrogen-bond donors (Lipinski definition) is 1. The van der Waals surface area contributed by atoms with Crippen LogP contribution in [0, 0.1) is 5.82 Å². The van der Waals surface area contributed by atoms with E-state index < -0.39 is 0 Å². The van der Waals surface area contributed by atoms with E-state index in [4.69, 9.17) is 4.74 Å². The lowest BCUT2D eigenvalue weighted by atomic mass is 9.87. The fraction of sp³-hybridized carbons (Fsp3) is 0.136. The van der Waals surface area contributed by atoms with Crippen LogP contribution in [0.1, 0.15) is 29.0 Å². The van der Waals surface area contributed by atoms with Crippen molar-refractivity contribution in [1.82, 2.24) is 9.38 Å². The highest BCUT2D eigenvalue weighted by atomic mass is 32.1. The van der Waals surface area contributed by atoms with Gasteiger partial charge in [0.15, 0.2) is 4.96 Å². The minimum absolute atomic E-state index is 0.149. The molecule has 1 aliphatic heterocycles. The Morgan fingerprint density at radius 2 is 2.03 bits per heavy atom. The van der Waals surface area contributed by atoms with Crippen LogP contribution in [-0.4, -0.2) is 15.3 Å². The van der Waals surface area contributed by atoms with Gasteiger partial charge < -0.3 is 10.1 Å². The summed E-state index contributed by atoms with van der Waals surface area (Å²) in [5, 5.41) is 4.64. The smallest absolute Gasteiger partial charge is 0.279 e. The van der Waals surface area contributed by atoms with Crippen LogP contribution < -0.4 is 15.6 Å². The molecule has 5 rings (SSSR count). The summed E-state index contributed by atoms with van der Waals surface area (Å²) in [5.41, 5.74) is 1.72. The monoisotopic (exact) mass is 421 g/mol.